The minimum Gasteiger partial charge on any atom is -0.484 e. The Morgan fingerprint density at radius 3 is 1.14 bits per heavy atom. The van der Waals surface area contributed by atoms with Crippen molar-refractivity contribution in [1.82, 2.24) is 43.6 Å². The molecule has 0 amide bonds. The summed E-state index contributed by atoms with van der Waals surface area (Å²) in [6.07, 6.45) is 8.72. The zero-order chi connectivity index (χ0) is 78.9. The molecule has 564 valence electrons. The van der Waals surface area contributed by atoms with Gasteiger partial charge in [-0.1, -0.05) is 297 Å². The Balaban J connectivity index is 0.000000137. The highest BCUT2D eigenvalue weighted by atomic mass is 16.5. The van der Waals surface area contributed by atoms with Crippen LogP contribution in [0.4, 0.5) is 0 Å². The molecule has 25 rings (SSSR count). The molecule has 4 aliphatic rings. The highest BCUT2D eigenvalue weighted by molar-refractivity contribution is 6.09. The van der Waals surface area contributed by atoms with Crippen LogP contribution in [0, 0.1) is 0 Å². The number of aromatic nitrogens is 9. The molecule has 4 unspecified atom stereocenters. The van der Waals surface area contributed by atoms with Gasteiger partial charge in [0.1, 0.15) is 34.9 Å². The van der Waals surface area contributed by atoms with Crippen LogP contribution in [-0.4, -0.2) is 43.6 Å². The number of hydrogen-bond donors (Lipinski definition) is 0. The van der Waals surface area contributed by atoms with Gasteiger partial charge in [0, 0.05) is 106 Å². The van der Waals surface area contributed by atoms with Gasteiger partial charge in [0.15, 0.2) is 29.1 Å². The second-order valence-electron chi connectivity index (χ2n) is 31.0. The normalized spacial score (nSPS) is 15.2. The van der Waals surface area contributed by atoms with Crippen LogP contribution in [0.2, 0.25) is 0 Å². The molecule has 2 aliphatic carbocycles. The van der Waals surface area contributed by atoms with E-state index < -0.39 is 0 Å². The second kappa shape index (κ2) is 27.9. The van der Waals surface area contributed by atoms with Gasteiger partial charge in [0.05, 0.1) is 33.5 Å². The molecule has 12 heteroatoms. The summed E-state index contributed by atoms with van der Waals surface area (Å²) in [6.45, 7) is 0. The predicted molar refractivity (Wildman–Crippen MR) is 482 cm³/mol. The molecule has 6 aromatic heterocycles. The molecule has 4 atom stereocenters. The zero-order valence-electron chi connectivity index (χ0n) is 64.6. The molecule has 8 heterocycles. The Morgan fingerprint density at radius 1 is 0.233 bits per heavy atom. The molecule has 0 saturated heterocycles. The van der Waals surface area contributed by atoms with Crippen LogP contribution >= 0.6 is 0 Å². The third-order valence-electron chi connectivity index (χ3n) is 24.2. The first-order valence-electron chi connectivity index (χ1n) is 40.7. The van der Waals surface area contributed by atoms with Crippen molar-refractivity contribution < 1.29 is 13.9 Å². The van der Waals surface area contributed by atoms with E-state index in [-0.39, 0.29) is 24.0 Å². The number of hydrogen-bond acceptors (Lipinski definition) is 9. The first-order valence-corrected chi connectivity index (χ1v) is 40.7. The van der Waals surface area contributed by atoms with E-state index in [4.69, 9.17) is 43.8 Å². The molecule has 120 heavy (non-hydrogen) atoms. The fraction of sp³-hybridized carbons (Fsp3) is 0.0370. The average Bonchev–Trinajstić information content (AvgIpc) is 1.56. The van der Waals surface area contributed by atoms with Crippen LogP contribution in [-0.2, 0) is 0 Å². The lowest BCUT2D eigenvalue weighted by atomic mass is 9.83. The smallest absolute Gasteiger partial charge is 0.238 e. The second-order valence-corrected chi connectivity index (χ2v) is 31.0. The quantitative estimate of drug-likeness (QED) is 0.124. The minimum absolute atomic E-state index is 0.0406. The van der Waals surface area contributed by atoms with Crippen molar-refractivity contribution >= 4 is 77.7 Å². The number of furan rings is 1. The standard InChI is InChI=1S/C57H37N5O.C51H32N4O2/c1-3-15-36(16-4-1)38-29-31-39(32-30-38)55-58-56(60-57(59-55)62-47-25-10-7-21-42(47)43-22-8-11-26-48(43)62)46-24-14-28-51-52(46)45-33-34-50-53(54(45)63-51)44-23-9-12-27-49(44)61(50)41-20-13-19-40(35-41)37-17-5-2-6-18-37;1-3-12-31(13-4-1)32-22-24-33(25-23-32)49-52-50(34-26-29-44-40(30-34)36-16-8-10-20-43(36)56-44)54-51(53-49)39-18-11-21-45-46(39)38-27-28-42-47(48(38)57-45)37-17-7-9-19-41(37)55(42)35-14-5-2-6-15-35/h1-35,45,54H;1-30,38,48H. The maximum Gasteiger partial charge on any atom is 0.238 e. The van der Waals surface area contributed by atoms with E-state index in [9.17, 15) is 0 Å². The number of para-hydroxylation sites is 6. The summed E-state index contributed by atoms with van der Waals surface area (Å²) in [5.41, 5.74) is 26.6. The van der Waals surface area contributed by atoms with Crippen LogP contribution in [0.3, 0.4) is 0 Å². The maximum atomic E-state index is 7.10. The van der Waals surface area contributed by atoms with Crippen LogP contribution in [0.5, 0.6) is 11.5 Å². The third kappa shape index (κ3) is 11.3. The number of benzene rings is 15. The van der Waals surface area contributed by atoms with Crippen molar-refractivity contribution in [1.29, 1.82) is 0 Å². The molecule has 0 N–H and O–H groups in total. The molecular weight excluding hydrogens is 1470 g/mol. The summed E-state index contributed by atoms with van der Waals surface area (Å²) in [5, 5.41) is 6.75. The molecule has 0 saturated carbocycles. The van der Waals surface area contributed by atoms with E-state index in [1.165, 1.54) is 33.0 Å². The monoisotopic (exact) mass is 1540 g/mol. The highest BCUT2D eigenvalue weighted by Crippen LogP contribution is 2.58. The molecule has 15 aromatic carbocycles. The fourth-order valence-electron chi connectivity index (χ4n) is 18.8. The molecule has 0 fully saturated rings. The summed E-state index contributed by atoms with van der Waals surface area (Å²) in [4.78, 5) is 31.6. The van der Waals surface area contributed by atoms with E-state index in [1.807, 2.05) is 48.5 Å². The molecule has 2 aliphatic heterocycles. The maximum absolute atomic E-state index is 7.10. The van der Waals surface area contributed by atoms with E-state index in [1.54, 1.807) is 0 Å². The Morgan fingerprint density at radius 2 is 0.600 bits per heavy atom. The Labute approximate surface area is 689 Å². The summed E-state index contributed by atoms with van der Waals surface area (Å²) < 4.78 is 27.2. The predicted octanol–water partition coefficient (Wildman–Crippen LogP) is 26.5. The molecule has 0 bridgehead atoms. The van der Waals surface area contributed by atoms with Crippen molar-refractivity contribution in [3.05, 3.63) is 416 Å². The number of fused-ring (bicyclic) bond motifs is 20. The first-order chi connectivity index (χ1) is 59.5. The Hall–Kier alpha value is -15.9. The average molecular weight is 1540 g/mol. The van der Waals surface area contributed by atoms with Crippen molar-refractivity contribution in [2.24, 2.45) is 0 Å². The Bertz CT molecular complexity index is 7690. The van der Waals surface area contributed by atoms with E-state index in [0.29, 0.717) is 35.1 Å². The molecule has 12 nitrogen and oxygen atoms in total. The van der Waals surface area contributed by atoms with Crippen LogP contribution in [0.15, 0.2) is 387 Å². The van der Waals surface area contributed by atoms with Crippen molar-refractivity contribution in [2.75, 3.05) is 0 Å². The van der Waals surface area contributed by atoms with E-state index in [2.05, 4.69) is 360 Å². The zero-order valence-corrected chi connectivity index (χ0v) is 64.6. The van der Waals surface area contributed by atoms with Crippen LogP contribution in [0.1, 0.15) is 57.7 Å². The van der Waals surface area contributed by atoms with E-state index >= 15 is 0 Å². The lowest BCUT2D eigenvalue weighted by molar-refractivity contribution is 0.224. The largest absolute Gasteiger partial charge is 0.484 e. The van der Waals surface area contributed by atoms with Gasteiger partial charge < -0.3 is 23.0 Å². The van der Waals surface area contributed by atoms with Gasteiger partial charge in [-0.25, -0.2) is 19.9 Å². The molecule has 21 aromatic rings. The summed E-state index contributed by atoms with van der Waals surface area (Å²) >= 11 is 0. The van der Waals surface area contributed by atoms with Gasteiger partial charge in [-0.15, -0.1) is 0 Å². The first kappa shape index (κ1) is 68.5. The van der Waals surface area contributed by atoms with Crippen molar-refractivity contribution in [3.63, 3.8) is 0 Å². The molecular formula is C108H69N9O3. The number of rotatable bonds is 11. The van der Waals surface area contributed by atoms with Gasteiger partial charge >= 0.3 is 0 Å². The summed E-state index contributed by atoms with van der Waals surface area (Å²) in [5.74, 6) is 5.15. The fourth-order valence-corrected chi connectivity index (χ4v) is 18.8. The van der Waals surface area contributed by atoms with Gasteiger partial charge in [0.25, 0.3) is 0 Å². The lowest BCUT2D eigenvalue weighted by Gasteiger charge is -2.23. The summed E-state index contributed by atoms with van der Waals surface area (Å²) in [7, 11) is 0. The number of nitrogens with zero attached hydrogens (tertiary/aromatic N) is 9. The van der Waals surface area contributed by atoms with Crippen molar-refractivity contribution in [3.8, 4) is 119 Å². The van der Waals surface area contributed by atoms with Gasteiger partial charge in [0.2, 0.25) is 5.95 Å². The van der Waals surface area contributed by atoms with Gasteiger partial charge in [-0.2, -0.15) is 9.97 Å². The summed E-state index contributed by atoms with van der Waals surface area (Å²) in [6, 6.07) is 129. The molecule has 0 spiro atoms. The van der Waals surface area contributed by atoms with E-state index in [0.717, 1.165) is 150 Å². The van der Waals surface area contributed by atoms with Gasteiger partial charge in [-0.3, -0.25) is 4.57 Å². The Kier molecular flexibility index (Phi) is 15.9. The highest BCUT2D eigenvalue weighted by Gasteiger charge is 2.44. The SMILES string of the molecule is C1=CC2c3c(cccc3-c3nc(-c4ccc(-c5ccccc5)cc4)nc(-c4ccc5oc6ccccc6c5c4)n3)OC2c2c1n(-c1ccccc1)c1ccccc21.C1=CC2c3c(cccc3-c3nc(-c4ccc(-c5ccccc5)cc4)nc(-n4c5ccccc5c5ccccc54)n3)OC2c2c1n(-c1cccc(-c3ccccc3)c1)c1ccccc21. The van der Waals surface area contributed by atoms with Crippen molar-refractivity contribution in [2.45, 2.75) is 24.0 Å². The topological polar surface area (TPSA) is 124 Å². The minimum atomic E-state index is -0.242. The lowest BCUT2D eigenvalue weighted by Crippen LogP contribution is -2.14. The number of ether oxygens (including phenoxy) is 2. The molecule has 0 radical (unpaired) electrons. The third-order valence-corrected chi connectivity index (χ3v) is 24.2. The van der Waals surface area contributed by atoms with Gasteiger partial charge in [-0.05, 0) is 130 Å². The van der Waals surface area contributed by atoms with Crippen LogP contribution < -0.4 is 9.47 Å². The van der Waals surface area contributed by atoms with Crippen LogP contribution in [0.25, 0.3) is 185 Å².